The Labute approximate surface area is 154 Å². The Bertz CT molecular complexity index is 716. The highest BCUT2D eigenvalue weighted by Crippen LogP contribution is 2.28. The van der Waals surface area contributed by atoms with Gasteiger partial charge >= 0.3 is 0 Å². The molecule has 1 fully saturated rings. The van der Waals surface area contributed by atoms with Crippen molar-refractivity contribution in [3.8, 4) is 0 Å². The van der Waals surface area contributed by atoms with E-state index in [1.807, 2.05) is 9.58 Å². The minimum Gasteiger partial charge on any atom is -0.459 e. The number of hydrogen-bond donors (Lipinski definition) is 0. The summed E-state index contributed by atoms with van der Waals surface area (Å²) in [6, 6.07) is 3.60. The van der Waals surface area contributed by atoms with Crippen LogP contribution in [0.1, 0.15) is 63.0 Å². The fraction of sp³-hybridized carbons (Fsp3) is 0.667. The van der Waals surface area contributed by atoms with Crippen molar-refractivity contribution in [3.63, 3.8) is 0 Å². The third-order valence-electron chi connectivity index (χ3n) is 5.39. The molecular formula is C18H28N6O2. The number of piperazine rings is 1. The van der Waals surface area contributed by atoms with Gasteiger partial charge in [-0.05, 0) is 49.2 Å². The summed E-state index contributed by atoms with van der Waals surface area (Å²) in [6.45, 7) is 11.5. The van der Waals surface area contributed by atoms with Crippen molar-refractivity contribution in [2.24, 2.45) is 0 Å². The first-order chi connectivity index (χ1) is 12.5. The van der Waals surface area contributed by atoms with Gasteiger partial charge in [-0.3, -0.25) is 9.69 Å². The van der Waals surface area contributed by atoms with Gasteiger partial charge in [0.2, 0.25) is 0 Å². The SMILES string of the molecule is CCC(c1nnnn1C(C)(C)CC)N1CCN(C(=O)c2ccco2)CC1. The number of hydrogen-bond acceptors (Lipinski definition) is 6. The van der Waals surface area contributed by atoms with Crippen LogP contribution in [0.25, 0.3) is 0 Å². The molecule has 0 aliphatic carbocycles. The predicted octanol–water partition coefficient (Wildman–Crippen LogP) is 2.32. The van der Waals surface area contributed by atoms with Crippen molar-refractivity contribution in [1.29, 1.82) is 0 Å². The first-order valence-corrected chi connectivity index (χ1v) is 9.33. The summed E-state index contributed by atoms with van der Waals surface area (Å²) in [5.74, 6) is 1.27. The first-order valence-electron chi connectivity index (χ1n) is 9.33. The molecule has 0 spiro atoms. The predicted molar refractivity (Wildman–Crippen MR) is 96.6 cm³/mol. The van der Waals surface area contributed by atoms with E-state index in [0.29, 0.717) is 18.8 Å². The largest absolute Gasteiger partial charge is 0.459 e. The molecule has 1 unspecified atom stereocenters. The van der Waals surface area contributed by atoms with Crippen LogP contribution in [0.5, 0.6) is 0 Å². The summed E-state index contributed by atoms with van der Waals surface area (Å²) in [5.41, 5.74) is -0.122. The summed E-state index contributed by atoms with van der Waals surface area (Å²) in [4.78, 5) is 16.7. The minimum absolute atomic E-state index is 0.0420. The number of amides is 1. The van der Waals surface area contributed by atoms with Gasteiger partial charge < -0.3 is 9.32 Å². The van der Waals surface area contributed by atoms with Gasteiger partial charge in [-0.1, -0.05) is 13.8 Å². The molecule has 3 rings (SSSR count). The van der Waals surface area contributed by atoms with Crippen molar-refractivity contribution in [2.45, 2.75) is 52.1 Å². The maximum absolute atomic E-state index is 12.4. The third kappa shape index (κ3) is 3.51. The maximum atomic E-state index is 12.4. The standard InChI is InChI=1S/C18H28N6O2/c1-5-14(16-19-20-21-24(16)18(3,4)6-2)22-9-11-23(12-10-22)17(25)15-8-7-13-26-15/h7-8,13-14H,5-6,9-12H2,1-4H3. The van der Waals surface area contributed by atoms with Gasteiger partial charge in [0.1, 0.15) is 0 Å². The van der Waals surface area contributed by atoms with Crippen molar-refractivity contribution in [2.75, 3.05) is 26.2 Å². The average molecular weight is 360 g/mol. The fourth-order valence-electron chi connectivity index (χ4n) is 3.38. The van der Waals surface area contributed by atoms with Crippen LogP contribution in [0.15, 0.2) is 22.8 Å². The van der Waals surface area contributed by atoms with Crippen LogP contribution in [0.3, 0.4) is 0 Å². The lowest BCUT2D eigenvalue weighted by atomic mass is 10.0. The van der Waals surface area contributed by atoms with E-state index in [1.54, 1.807) is 12.1 Å². The molecule has 1 atom stereocenters. The smallest absolute Gasteiger partial charge is 0.289 e. The van der Waals surface area contributed by atoms with Crippen molar-refractivity contribution < 1.29 is 9.21 Å². The lowest BCUT2D eigenvalue weighted by Gasteiger charge is -2.39. The van der Waals surface area contributed by atoms with Crippen molar-refractivity contribution >= 4 is 5.91 Å². The van der Waals surface area contributed by atoms with Crippen LogP contribution in [0.2, 0.25) is 0 Å². The van der Waals surface area contributed by atoms with E-state index in [1.165, 1.54) is 6.26 Å². The molecule has 0 N–H and O–H groups in total. The van der Waals surface area contributed by atoms with E-state index < -0.39 is 0 Å². The van der Waals surface area contributed by atoms with Gasteiger partial charge in [0.15, 0.2) is 11.6 Å². The summed E-state index contributed by atoms with van der Waals surface area (Å²) >= 11 is 0. The number of nitrogens with zero attached hydrogens (tertiary/aromatic N) is 6. The molecule has 1 saturated heterocycles. The molecule has 0 radical (unpaired) electrons. The van der Waals surface area contributed by atoms with E-state index in [0.717, 1.165) is 31.8 Å². The number of carbonyl (C=O) groups excluding carboxylic acids is 1. The number of rotatable bonds is 6. The molecule has 26 heavy (non-hydrogen) atoms. The normalized spacial score (nSPS) is 17.5. The summed E-state index contributed by atoms with van der Waals surface area (Å²) in [7, 11) is 0. The van der Waals surface area contributed by atoms with Crippen molar-refractivity contribution in [3.05, 3.63) is 30.0 Å². The van der Waals surface area contributed by atoms with E-state index >= 15 is 0 Å². The Balaban J connectivity index is 1.70. The van der Waals surface area contributed by atoms with Gasteiger partial charge in [-0.15, -0.1) is 5.10 Å². The topological polar surface area (TPSA) is 80.3 Å². The van der Waals surface area contributed by atoms with Crippen LogP contribution >= 0.6 is 0 Å². The molecular weight excluding hydrogens is 332 g/mol. The van der Waals surface area contributed by atoms with Crippen LogP contribution < -0.4 is 0 Å². The molecule has 8 nitrogen and oxygen atoms in total. The summed E-state index contributed by atoms with van der Waals surface area (Å²) in [5, 5.41) is 12.5. The molecule has 1 aliphatic rings. The molecule has 8 heteroatoms. The fourth-order valence-corrected chi connectivity index (χ4v) is 3.38. The zero-order chi connectivity index (χ0) is 18.7. The van der Waals surface area contributed by atoms with E-state index in [9.17, 15) is 4.79 Å². The number of aromatic nitrogens is 4. The second-order valence-corrected chi connectivity index (χ2v) is 7.34. The van der Waals surface area contributed by atoms with Crippen LogP contribution in [-0.4, -0.2) is 62.1 Å². The second kappa shape index (κ2) is 7.57. The molecule has 142 valence electrons. The maximum Gasteiger partial charge on any atom is 0.289 e. The van der Waals surface area contributed by atoms with Gasteiger partial charge in [-0.2, -0.15) is 0 Å². The molecule has 0 bridgehead atoms. The Morgan fingerprint density at radius 1 is 1.27 bits per heavy atom. The van der Waals surface area contributed by atoms with Crippen LogP contribution in [0, 0.1) is 0 Å². The Morgan fingerprint density at radius 2 is 2.00 bits per heavy atom. The molecule has 0 saturated carbocycles. The lowest BCUT2D eigenvalue weighted by Crippen LogP contribution is -2.50. The molecule has 2 aromatic heterocycles. The third-order valence-corrected chi connectivity index (χ3v) is 5.39. The number of furan rings is 1. The summed E-state index contributed by atoms with van der Waals surface area (Å²) < 4.78 is 7.19. The van der Waals surface area contributed by atoms with E-state index in [2.05, 4.69) is 48.1 Å². The average Bonchev–Trinajstić information content (AvgIpc) is 3.35. The minimum atomic E-state index is -0.122. The van der Waals surface area contributed by atoms with E-state index in [-0.39, 0.29) is 17.5 Å². The second-order valence-electron chi connectivity index (χ2n) is 7.34. The monoisotopic (exact) mass is 360 g/mol. The van der Waals surface area contributed by atoms with Gasteiger partial charge in [0.05, 0.1) is 17.8 Å². The first kappa shape index (κ1) is 18.6. The lowest BCUT2D eigenvalue weighted by molar-refractivity contribution is 0.0514. The van der Waals surface area contributed by atoms with Gasteiger partial charge in [0, 0.05) is 26.2 Å². The highest BCUT2D eigenvalue weighted by Gasteiger charge is 2.33. The molecule has 3 heterocycles. The van der Waals surface area contributed by atoms with E-state index in [4.69, 9.17) is 4.42 Å². The Morgan fingerprint density at radius 3 is 2.58 bits per heavy atom. The Hall–Kier alpha value is -2.22. The summed E-state index contributed by atoms with van der Waals surface area (Å²) in [6.07, 6.45) is 3.41. The van der Waals surface area contributed by atoms with Crippen LogP contribution in [0.4, 0.5) is 0 Å². The van der Waals surface area contributed by atoms with Crippen LogP contribution in [-0.2, 0) is 5.54 Å². The highest BCUT2D eigenvalue weighted by atomic mass is 16.3. The zero-order valence-corrected chi connectivity index (χ0v) is 16.1. The molecule has 2 aromatic rings. The quantitative estimate of drug-likeness (QED) is 0.786. The van der Waals surface area contributed by atoms with Gasteiger partial charge in [-0.25, -0.2) is 4.68 Å². The van der Waals surface area contributed by atoms with Gasteiger partial charge in [0.25, 0.3) is 5.91 Å². The molecule has 1 amide bonds. The van der Waals surface area contributed by atoms with Crippen molar-refractivity contribution in [1.82, 2.24) is 30.0 Å². The Kier molecular flexibility index (Phi) is 5.41. The number of tetrazole rings is 1. The zero-order valence-electron chi connectivity index (χ0n) is 16.1. The molecule has 0 aromatic carbocycles. The number of carbonyl (C=O) groups is 1. The molecule has 1 aliphatic heterocycles. The highest BCUT2D eigenvalue weighted by molar-refractivity contribution is 5.91.